The summed E-state index contributed by atoms with van der Waals surface area (Å²) >= 11 is 0. The van der Waals surface area contributed by atoms with E-state index in [1.165, 1.54) is 19.3 Å². The molecule has 0 atom stereocenters. The number of carbonyl (C=O) groups is 1. The molecule has 2 amide bonds. The number of urea groups is 1. The van der Waals surface area contributed by atoms with Gasteiger partial charge < -0.3 is 15.2 Å². The average Bonchev–Trinajstić information content (AvgIpc) is 3.04. The van der Waals surface area contributed by atoms with Crippen LogP contribution in [0.2, 0.25) is 0 Å². The lowest BCUT2D eigenvalue weighted by atomic mass is 9.96. The number of amides is 2. The second-order valence-electron chi connectivity index (χ2n) is 5.36. The molecule has 0 radical (unpaired) electrons. The van der Waals surface area contributed by atoms with Gasteiger partial charge in [0.2, 0.25) is 0 Å². The molecule has 0 spiro atoms. The fraction of sp³-hybridized carbons (Fsp3) is 0.571. The van der Waals surface area contributed by atoms with Gasteiger partial charge in [0.25, 0.3) is 0 Å². The number of aromatic nitrogens is 3. The lowest BCUT2D eigenvalue weighted by Crippen LogP contribution is -2.43. The normalized spacial score (nSPS) is 16.4. The molecule has 1 saturated carbocycles. The van der Waals surface area contributed by atoms with E-state index in [-0.39, 0.29) is 6.03 Å². The highest BCUT2D eigenvalue weighted by Gasteiger charge is 2.15. The van der Waals surface area contributed by atoms with Crippen LogP contribution in [0.3, 0.4) is 0 Å². The SMILES string of the molecule is O=C(NCCn1ccn2nccc12)NC1CCCCC1. The van der Waals surface area contributed by atoms with Crippen LogP contribution in [0.1, 0.15) is 32.1 Å². The predicted molar refractivity (Wildman–Crippen MR) is 76.6 cm³/mol. The van der Waals surface area contributed by atoms with Crippen LogP contribution >= 0.6 is 0 Å². The molecule has 0 unspecified atom stereocenters. The zero-order valence-corrected chi connectivity index (χ0v) is 11.6. The minimum absolute atomic E-state index is 0.0476. The van der Waals surface area contributed by atoms with Gasteiger partial charge in [-0.2, -0.15) is 5.10 Å². The van der Waals surface area contributed by atoms with Gasteiger partial charge in [-0.05, 0) is 12.8 Å². The van der Waals surface area contributed by atoms with Crippen LogP contribution in [0, 0.1) is 0 Å². The molecule has 3 rings (SSSR count). The molecule has 1 aliphatic carbocycles. The number of nitrogens with zero attached hydrogens (tertiary/aromatic N) is 3. The highest BCUT2D eigenvalue weighted by atomic mass is 16.2. The number of carbonyl (C=O) groups excluding carboxylic acids is 1. The van der Waals surface area contributed by atoms with Gasteiger partial charge in [0, 0.05) is 37.6 Å². The molecule has 0 aromatic carbocycles. The van der Waals surface area contributed by atoms with E-state index < -0.39 is 0 Å². The summed E-state index contributed by atoms with van der Waals surface area (Å²) in [5.74, 6) is 0. The molecule has 2 aromatic rings. The Hall–Kier alpha value is -1.98. The fourth-order valence-corrected chi connectivity index (χ4v) is 2.83. The van der Waals surface area contributed by atoms with E-state index in [0.717, 1.165) is 25.0 Å². The molecule has 20 heavy (non-hydrogen) atoms. The van der Waals surface area contributed by atoms with Crippen LogP contribution in [0.15, 0.2) is 24.7 Å². The standard InChI is InChI=1S/C14H21N5O/c20-14(17-12-4-2-1-3-5-12)15-8-9-18-10-11-19-13(18)6-7-16-19/h6-7,10-12H,1-5,8-9H2,(H2,15,17,20). The van der Waals surface area contributed by atoms with Crippen LogP contribution in [-0.2, 0) is 6.54 Å². The first-order chi connectivity index (χ1) is 9.83. The molecule has 2 N–H and O–H groups in total. The summed E-state index contributed by atoms with van der Waals surface area (Å²) in [4.78, 5) is 11.8. The van der Waals surface area contributed by atoms with Gasteiger partial charge >= 0.3 is 6.03 Å². The van der Waals surface area contributed by atoms with E-state index in [1.54, 1.807) is 6.20 Å². The molecular weight excluding hydrogens is 254 g/mol. The maximum absolute atomic E-state index is 11.8. The van der Waals surface area contributed by atoms with E-state index in [4.69, 9.17) is 0 Å². The summed E-state index contributed by atoms with van der Waals surface area (Å²) in [5, 5.41) is 10.1. The van der Waals surface area contributed by atoms with Gasteiger partial charge in [0.15, 0.2) is 0 Å². The molecule has 0 saturated heterocycles. The molecule has 1 aliphatic rings. The second kappa shape index (κ2) is 5.98. The van der Waals surface area contributed by atoms with Crippen molar-refractivity contribution in [1.82, 2.24) is 24.8 Å². The van der Waals surface area contributed by atoms with E-state index in [1.807, 2.05) is 23.0 Å². The van der Waals surface area contributed by atoms with Crippen molar-refractivity contribution in [2.45, 2.75) is 44.7 Å². The summed E-state index contributed by atoms with van der Waals surface area (Å²) in [6.45, 7) is 1.37. The van der Waals surface area contributed by atoms with Crippen LogP contribution in [0.4, 0.5) is 4.79 Å². The first-order valence-electron chi connectivity index (χ1n) is 7.36. The first kappa shape index (κ1) is 13.0. The van der Waals surface area contributed by atoms with Crippen molar-refractivity contribution in [1.29, 1.82) is 0 Å². The van der Waals surface area contributed by atoms with E-state index in [0.29, 0.717) is 12.6 Å². The Morgan fingerprint density at radius 2 is 2.15 bits per heavy atom. The third kappa shape index (κ3) is 2.95. The first-order valence-corrected chi connectivity index (χ1v) is 7.36. The summed E-state index contributed by atoms with van der Waals surface area (Å²) in [5.41, 5.74) is 1.04. The van der Waals surface area contributed by atoms with Crippen LogP contribution < -0.4 is 10.6 Å². The Kier molecular flexibility index (Phi) is 3.90. The fourth-order valence-electron chi connectivity index (χ4n) is 2.83. The average molecular weight is 275 g/mol. The molecule has 0 bridgehead atoms. The Morgan fingerprint density at radius 1 is 1.30 bits per heavy atom. The smallest absolute Gasteiger partial charge is 0.315 e. The zero-order chi connectivity index (χ0) is 13.8. The lowest BCUT2D eigenvalue weighted by molar-refractivity contribution is 0.232. The Balaban J connectivity index is 1.43. The van der Waals surface area contributed by atoms with Gasteiger partial charge in [-0.3, -0.25) is 0 Å². The number of imidazole rings is 1. The minimum Gasteiger partial charge on any atom is -0.336 e. The second-order valence-corrected chi connectivity index (χ2v) is 5.36. The number of rotatable bonds is 4. The summed E-state index contributed by atoms with van der Waals surface area (Å²) < 4.78 is 3.90. The van der Waals surface area contributed by atoms with E-state index >= 15 is 0 Å². The monoisotopic (exact) mass is 275 g/mol. The van der Waals surface area contributed by atoms with Crippen LogP contribution in [0.25, 0.3) is 5.65 Å². The number of hydrogen-bond donors (Lipinski definition) is 2. The Morgan fingerprint density at radius 3 is 3.00 bits per heavy atom. The zero-order valence-electron chi connectivity index (χ0n) is 11.6. The summed E-state index contributed by atoms with van der Waals surface area (Å²) in [7, 11) is 0. The molecule has 0 aliphatic heterocycles. The van der Waals surface area contributed by atoms with Gasteiger partial charge in [-0.1, -0.05) is 19.3 Å². The highest BCUT2D eigenvalue weighted by molar-refractivity contribution is 5.74. The van der Waals surface area contributed by atoms with Crippen molar-refractivity contribution in [3.8, 4) is 0 Å². The molecule has 6 heteroatoms. The van der Waals surface area contributed by atoms with Crippen LogP contribution in [0.5, 0.6) is 0 Å². The van der Waals surface area contributed by atoms with Gasteiger partial charge in [0.05, 0.1) is 6.20 Å². The quantitative estimate of drug-likeness (QED) is 0.893. The number of fused-ring (bicyclic) bond motifs is 1. The van der Waals surface area contributed by atoms with Crippen molar-refractivity contribution in [2.75, 3.05) is 6.54 Å². The van der Waals surface area contributed by atoms with Crippen LogP contribution in [-0.4, -0.2) is 32.8 Å². The summed E-state index contributed by atoms with van der Waals surface area (Å²) in [6.07, 6.45) is 11.6. The Labute approximate surface area is 118 Å². The highest BCUT2D eigenvalue weighted by Crippen LogP contribution is 2.17. The molecular formula is C14H21N5O. The Bertz CT molecular complexity index is 567. The van der Waals surface area contributed by atoms with Crippen molar-refractivity contribution < 1.29 is 4.79 Å². The maximum atomic E-state index is 11.8. The molecule has 2 heterocycles. The topological polar surface area (TPSA) is 63.4 Å². The largest absolute Gasteiger partial charge is 0.336 e. The third-order valence-corrected chi connectivity index (χ3v) is 3.91. The van der Waals surface area contributed by atoms with Gasteiger partial charge in [0.1, 0.15) is 5.65 Å². The van der Waals surface area contributed by atoms with E-state index in [9.17, 15) is 4.79 Å². The number of nitrogens with one attached hydrogen (secondary N) is 2. The van der Waals surface area contributed by atoms with Crippen molar-refractivity contribution in [3.63, 3.8) is 0 Å². The van der Waals surface area contributed by atoms with Gasteiger partial charge in [-0.15, -0.1) is 0 Å². The molecule has 108 valence electrons. The van der Waals surface area contributed by atoms with Crippen molar-refractivity contribution in [3.05, 3.63) is 24.7 Å². The predicted octanol–water partition coefficient (Wildman–Crippen LogP) is 1.77. The molecule has 2 aromatic heterocycles. The molecule has 1 fully saturated rings. The van der Waals surface area contributed by atoms with Crippen molar-refractivity contribution >= 4 is 11.7 Å². The van der Waals surface area contributed by atoms with Crippen molar-refractivity contribution in [2.24, 2.45) is 0 Å². The van der Waals surface area contributed by atoms with E-state index in [2.05, 4.69) is 20.3 Å². The third-order valence-electron chi connectivity index (χ3n) is 3.91. The lowest BCUT2D eigenvalue weighted by Gasteiger charge is -2.22. The number of hydrogen-bond acceptors (Lipinski definition) is 2. The maximum Gasteiger partial charge on any atom is 0.315 e. The minimum atomic E-state index is -0.0476. The van der Waals surface area contributed by atoms with Gasteiger partial charge in [-0.25, -0.2) is 9.31 Å². The summed E-state index contributed by atoms with van der Waals surface area (Å²) in [6, 6.07) is 2.27. The molecule has 6 nitrogen and oxygen atoms in total.